The van der Waals surface area contributed by atoms with Crippen LogP contribution in [0.2, 0.25) is 0 Å². The maximum Gasteiger partial charge on any atom is 0.255 e. The largest absolute Gasteiger partial charge is 0.324 e. The summed E-state index contributed by atoms with van der Waals surface area (Å²) in [6, 6.07) is 20.2. The molecule has 194 valence electrons. The Balaban J connectivity index is 1.24. The fourth-order valence-electron chi connectivity index (χ4n) is 4.90. The van der Waals surface area contributed by atoms with Crippen LogP contribution in [-0.4, -0.2) is 44.9 Å². The Hall–Kier alpha value is -4.10. The lowest BCUT2D eigenvalue weighted by atomic mass is 9.89. The molecule has 2 aromatic heterocycles. The number of aromatic nitrogens is 3. The molecule has 1 saturated heterocycles. The number of likely N-dealkylation sites (tertiary alicyclic amines) is 1. The fraction of sp³-hybridized carbons (Fsp3) is 0.290. The summed E-state index contributed by atoms with van der Waals surface area (Å²) in [5, 5.41) is 6.31. The molecule has 4 aromatic rings. The summed E-state index contributed by atoms with van der Waals surface area (Å²) in [5.74, 6) is 0.886. The van der Waals surface area contributed by atoms with Crippen molar-refractivity contribution in [3.63, 3.8) is 0 Å². The Labute approximate surface area is 224 Å². The molecule has 0 bridgehead atoms. The van der Waals surface area contributed by atoms with E-state index in [2.05, 4.69) is 56.5 Å². The SMILES string of the molecule is Cc1ccc(C(=O)Nc2ccc(C3CCN(C(C)C)CC3)cc2)cc1Nc1nccc(-c2cccnc2)n1. The van der Waals surface area contributed by atoms with E-state index in [1.54, 1.807) is 18.6 Å². The summed E-state index contributed by atoms with van der Waals surface area (Å²) in [6.45, 7) is 8.80. The molecular formula is C31H34N6O. The number of nitrogens with zero attached hydrogens (tertiary/aromatic N) is 4. The molecule has 1 aliphatic heterocycles. The van der Waals surface area contributed by atoms with Gasteiger partial charge in [0.15, 0.2) is 0 Å². The highest BCUT2D eigenvalue weighted by Crippen LogP contribution is 2.30. The van der Waals surface area contributed by atoms with E-state index in [0.29, 0.717) is 23.5 Å². The zero-order valence-corrected chi connectivity index (χ0v) is 22.2. The van der Waals surface area contributed by atoms with Gasteiger partial charge in [0.25, 0.3) is 5.91 Å². The minimum Gasteiger partial charge on any atom is -0.324 e. The van der Waals surface area contributed by atoms with E-state index in [1.165, 1.54) is 18.4 Å². The monoisotopic (exact) mass is 506 g/mol. The van der Waals surface area contributed by atoms with E-state index in [4.69, 9.17) is 0 Å². The molecule has 0 unspecified atom stereocenters. The molecule has 0 spiro atoms. The van der Waals surface area contributed by atoms with E-state index in [0.717, 1.165) is 41.3 Å². The molecule has 0 aliphatic carbocycles. The lowest BCUT2D eigenvalue weighted by Gasteiger charge is -2.34. The molecule has 38 heavy (non-hydrogen) atoms. The number of rotatable bonds is 7. The van der Waals surface area contributed by atoms with Gasteiger partial charge in [0, 0.05) is 47.1 Å². The van der Waals surface area contributed by atoms with Crippen LogP contribution in [0.15, 0.2) is 79.3 Å². The Morgan fingerprint density at radius 2 is 1.79 bits per heavy atom. The van der Waals surface area contributed by atoms with Gasteiger partial charge in [-0.05, 0) is 106 Å². The molecule has 1 fully saturated rings. The minimum absolute atomic E-state index is 0.156. The van der Waals surface area contributed by atoms with Gasteiger partial charge in [0.1, 0.15) is 0 Å². The number of hydrogen-bond donors (Lipinski definition) is 2. The summed E-state index contributed by atoms with van der Waals surface area (Å²) in [6.07, 6.45) is 7.57. The van der Waals surface area contributed by atoms with E-state index >= 15 is 0 Å². The standard InChI is InChI=1S/C31H34N6O/c1-21(2)37-17-13-24(14-18-37)23-8-10-27(11-9-23)34-30(38)25-7-6-22(3)29(19-25)36-31-33-16-12-28(35-31)26-5-4-15-32-20-26/h4-12,15-16,19-21,24H,13-14,17-18H2,1-3H3,(H,34,38)(H,33,35,36). The van der Waals surface area contributed by atoms with Crippen molar-refractivity contribution in [1.82, 2.24) is 19.9 Å². The van der Waals surface area contributed by atoms with Crippen LogP contribution in [0.25, 0.3) is 11.3 Å². The van der Waals surface area contributed by atoms with Gasteiger partial charge in [-0.15, -0.1) is 0 Å². The lowest BCUT2D eigenvalue weighted by molar-refractivity contribution is 0.102. The lowest BCUT2D eigenvalue weighted by Crippen LogP contribution is -2.37. The molecule has 1 amide bonds. The summed E-state index contributed by atoms with van der Waals surface area (Å²) in [7, 11) is 0. The van der Waals surface area contributed by atoms with Crippen molar-refractivity contribution in [3.05, 3.63) is 95.9 Å². The average molecular weight is 507 g/mol. The second-order valence-corrected chi connectivity index (χ2v) is 10.1. The van der Waals surface area contributed by atoms with Crippen LogP contribution in [0, 0.1) is 6.92 Å². The first-order chi connectivity index (χ1) is 18.5. The van der Waals surface area contributed by atoms with Crippen molar-refractivity contribution in [2.24, 2.45) is 0 Å². The summed E-state index contributed by atoms with van der Waals surface area (Å²) < 4.78 is 0. The molecule has 7 heteroatoms. The number of anilines is 3. The maximum absolute atomic E-state index is 13.1. The Morgan fingerprint density at radius 3 is 2.50 bits per heavy atom. The third kappa shape index (κ3) is 6.06. The number of amides is 1. The highest BCUT2D eigenvalue weighted by atomic mass is 16.1. The second-order valence-electron chi connectivity index (χ2n) is 10.1. The van der Waals surface area contributed by atoms with Crippen LogP contribution in [0.1, 0.15) is 54.1 Å². The van der Waals surface area contributed by atoms with Gasteiger partial charge in [0.05, 0.1) is 5.69 Å². The number of pyridine rings is 1. The predicted molar refractivity (Wildman–Crippen MR) is 153 cm³/mol. The number of piperidine rings is 1. The van der Waals surface area contributed by atoms with Gasteiger partial charge in [-0.2, -0.15) is 0 Å². The zero-order chi connectivity index (χ0) is 26.5. The normalized spacial score (nSPS) is 14.4. The molecule has 5 rings (SSSR count). The molecule has 0 saturated carbocycles. The summed E-state index contributed by atoms with van der Waals surface area (Å²) in [4.78, 5) is 28.8. The van der Waals surface area contributed by atoms with Crippen LogP contribution in [0.4, 0.5) is 17.3 Å². The fourth-order valence-corrected chi connectivity index (χ4v) is 4.90. The number of aryl methyl sites for hydroxylation is 1. The quantitative estimate of drug-likeness (QED) is 0.301. The molecule has 7 nitrogen and oxygen atoms in total. The third-order valence-corrected chi connectivity index (χ3v) is 7.26. The van der Waals surface area contributed by atoms with Crippen molar-refractivity contribution in [2.75, 3.05) is 23.7 Å². The second kappa shape index (κ2) is 11.5. The topological polar surface area (TPSA) is 83.0 Å². The van der Waals surface area contributed by atoms with E-state index in [-0.39, 0.29) is 5.91 Å². The molecule has 0 atom stereocenters. The first kappa shape index (κ1) is 25.5. The van der Waals surface area contributed by atoms with Gasteiger partial charge in [-0.1, -0.05) is 18.2 Å². The van der Waals surface area contributed by atoms with Crippen molar-refractivity contribution in [1.29, 1.82) is 0 Å². The number of benzene rings is 2. The zero-order valence-electron chi connectivity index (χ0n) is 22.2. The molecule has 2 aromatic carbocycles. The van der Waals surface area contributed by atoms with Crippen LogP contribution >= 0.6 is 0 Å². The number of carbonyl (C=O) groups is 1. The van der Waals surface area contributed by atoms with Crippen LogP contribution in [-0.2, 0) is 0 Å². The van der Waals surface area contributed by atoms with Crippen molar-refractivity contribution in [2.45, 2.75) is 45.6 Å². The first-order valence-electron chi connectivity index (χ1n) is 13.2. The molecule has 0 radical (unpaired) electrons. The van der Waals surface area contributed by atoms with Gasteiger partial charge in [0.2, 0.25) is 5.95 Å². The van der Waals surface area contributed by atoms with Gasteiger partial charge >= 0.3 is 0 Å². The minimum atomic E-state index is -0.156. The smallest absolute Gasteiger partial charge is 0.255 e. The van der Waals surface area contributed by atoms with E-state index < -0.39 is 0 Å². The highest BCUT2D eigenvalue weighted by Gasteiger charge is 2.22. The van der Waals surface area contributed by atoms with Gasteiger partial charge in [-0.3, -0.25) is 9.78 Å². The molecule has 2 N–H and O–H groups in total. The number of hydrogen-bond acceptors (Lipinski definition) is 6. The van der Waals surface area contributed by atoms with Crippen LogP contribution in [0.5, 0.6) is 0 Å². The summed E-state index contributed by atoms with van der Waals surface area (Å²) >= 11 is 0. The average Bonchev–Trinajstić information content (AvgIpc) is 2.95. The van der Waals surface area contributed by atoms with E-state index in [9.17, 15) is 4.79 Å². The Morgan fingerprint density at radius 1 is 1.00 bits per heavy atom. The predicted octanol–water partition coefficient (Wildman–Crippen LogP) is 6.43. The molecular weight excluding hydrogens is 472 g/mol. The Bertz CT molecular complexity index is 1380. The van der Waals surface area contributed by atoms with E-state index in [1.807, 2.05) is 55.5 Å². The van der Waals surface area contributed by atoms with Gasteiger partial charge in [-0.25, -0.2) is 9.97 Å². The highest BCUT2D eigenvalue weighted by molar-refractivity contribution is 6.05. The number of nitrogens with one attached hydrogen (secondary N) is 2. The van der Waals surface area contributed by atoms with Crippen LogP contribution < -0.4 is 10.6 Å². The Kier molecular flexibility index (Phi) is 7.75. The van der Waals surface area contributed by atoms with Crippen molar-refractivity contribution < 1.29 is 4.79 Å². The maximum atomic E-state index is 13.1. The first-order valence-corrected chi connectivity index (χ1v) is 13.2. The summed E-state index contributed by atoms with van der Waals surface area (Å²) in [5.41, 5.74) is 6.16. The van der Waals surface area contributed by atoms with Gasteiger partial charge < -0.3 is 15.5 Å². The van der Waals surface area contributed by atoms with Crippen molar-refractivity contribution >= 4 is 23.2 Å². The number of carbonyl (C=O) groups excluding carboxylic acids is 1. The van der Waals surface area contributed by atoms with Crippen molar-refractivity contribution in [3.8, 4) is 11.3 Å². The molecule has 3 heterocycles. The molecule has 1 aliphatic rings. The van der Waals surface area contributed by atoms with Crippen LogP contribution in [0.3, 0.4) is 0 Å². The third-order valence-electron chi connectivity index (χ3n) is 7.26.